The zero-order valence-corrected chi connectivity index (χ0v) is 21.6. The molecule has 188 valence electrons. The second-order valence-corrected chi connectivity index (χ2v) is 9.19. The largest absolute Gasteiger partial charge is 0.491 e. The van der Waals surface area contributed by atoms with E-state index >= 15 is 0 Å². The van der Waals surface area contributed by atoms with Crippen LogP contribution in [0.25, 0.3) is 23.0 Å². The first kappa shape index (κ1) is 25.6. The van der Waals surface area contributed by atoms with Crippen LogP contribution in [0.4, 0.5) is 0 Å². The van der Waals surface area contributed by atoms with Crippen LogP contribution in [-0.2, 0) is 9.59 Å². The first-order valence-corrected chi connectivity index (χ1v) is 12.5. The van der Waals surface area contributed by atoms with Crippen LogP contribution >= 0.6 is 0 Å². The number of rotatable bonds is 8. The summed E-state index contributed by atoms with van der Waals surface area (Å²) in [6, 6.07) is 19.3. The van der Waals surface area contributed by atoms with E-state index in [4.69, 9.17) is 9.84 Å². The average Bonchev–Trinajstić information content (AvgIpc) is 3.31. The molecule has 0 atom stereocenters. The topological polar surface area (TPSA) is 88.2 Å². The molecular formula is C30H30N4O3. The van der Waals surface area contributed by atoms with Crippen LogP contribution in [0, 0.1) is 11.3 Å². The molecule has 0 saturated carbocycles. The van der Waals surface area contributed by atoms with E-state index in [0.29, 0.717) is 28.8 Å². The molecule has 7 heteroatoms. The lowest BCUT2D eigenvalue weighted by atomic mass is 9.93. The number of imide groups is 1. The van der Waals surface area contributed by atoms with Gasteiger partial charge in [-0.2, -0.15) is 10.4 Å². The van der Waals surface area contributed by atoms with Gasteiger partial charge in [-0.15, -0.1) is 0 Å². The van der Waals surface area contributed by atoms with Crippen LogP contribution in [0.15, 0.2) is 77.5 Å². The van der Waals surface area contributed by atoms with E-state index in [2.05, 4.69) is 0 Å². The number of aromatic nitrogens is 2. The summed E-state index contributed by atoms with van der Waals surface area (Å²) in [6.07, 6.45) is 5.15. The first-order chi connectivity index (χ1) is 17.8. The lowest BCUT2D eigenvalue weighted by molar-refractivity contribution is -0.140. The quantitative estimate of drug-likeness (QED) is 0.295. The molecule has 0 radical (unpaired) electrons. The van der Waals surface area contributed by atoms with Gasteiger partial charge in [-0.05, 0) is 75.2 Å². The van der Waals surface area contributed by atoms with Gasteiger partial charge >= 0.3 is 0 Å². The molecule has 0 unspecified atom stereocenters. The van der Waals surface area contributed by atoms with Crippen LogP contribution < -0.4 is 4.74 Å². The first-order valence-electron chi connectivity index (χ1n) is 12.5. The van der Waals surface area contributed by atoms with E-state index in [-0.39, 0.29) is 18.2 Å². The molecule has 0 saturated heterocycles. The van der Waals surface area contributed by atoms with Crippen LogP contribution in [0.2, 0.25) is 0 Å². The Morgan fingerprint density at radius 1 is 1.05 bits per heavy atom. The third-order valence-corrected chi connectivity index (χ3v) is 6.12. The molecule has 2 aromatic carbocycles. The standard InChI is InChI=1S/C30H30N4O3/c1-5-6-16-33-29(35)26(21(4)27(18-31)30(33)36)17-23-19-34(24-10-8-7-9-11-24)32-28(23)22-12-14-25(15-13-22)37-20(2)3/h7-15,17,19-20H,5-6,16H2,1-4H3. The second kappa shape index (κ2) is 11.1. The van der Waals surface area contributed by atoms with Gasteiger partial charge in [0.2, 0.25) is 0 Å². The van der Waals surface area contributed by atoms with Crippen molar-refractivity contribution in [3.8, 4) is 28.8 Å². The Morgan fingerprint density at radius 3 is 2.38 bits per heavy atom. The number of carbonyl (C=O) groups is 2. The van der Waals surface area contributed by atoms with E-state index in [1.807, 2.05) is 87.6 Å². The maximum atomic E-state index is 13.4. The molecule has 7 nitrogen and oxygen atoms in total. The Hall–Kier alpha value is -4.44. The predicted molar refractivity (Wildman–Crippen MR) is 143 cm³/mol. The van der Waals surface area contributed by atoms with Crippen molar-refractivity contribution in [1.82, 2.24) is 14.7 Å². The molecule has 2 heterocycles. The highest BCUT2D eigenvalue weighted by Crippen LogP contribution is 2.32. The minimum Gasteiger partial charge on any atom is -0.491 e. The summed E-state index contributed by atoms with van der Waals surface area (Å²) in [5, 5.41) is 14.5. The Bertz CT molecular complexity index is 1410. The number of hydrogen-bond donors (Lipinski definition) is 0. The number of para-hydroxylation sites is 1. The van der Waals surface area contributed by atoms with Gasteiger partial charge in [-0.3, -0.25) is 14.5 Å². The van der Waals surface area contributed by atoms with E-state index < -0.39 is 11.8 Å². The van der Waals surface area contributed by atoms with Crippen molar-refractivity contribution in [3.63, 3.8) is 0 Å². The van der Waals surface area contributed by atoms with Gasteiger partial charge in [0.05, 0.1) is 17.5 Å². The molecule has 3 aromatic rings. The zero-order chi connectivity index (χ0) is 26.5. The summed E-state index contributed by atoms with van der Waals surface area (Å²) >= 11 is 0. The fraction of sp³-hybridized carbons (Fsp3) is 0.267. The molecular weight excluding hydrogens is 464 g/mol. The maximum absolute atomic E-state index is 13.4. The molecule has 0 spiro atoms. The van der Waals surface area contributed by atoms with Gasteiger partial charge in [-0.1, -0.05) is 31.5 Å². The fourth-order valence-electron chi connectivity index (χ4n) is 4.20. The molecule has 1 aromatic heterocycles. The van der Waals surface area contributed by atoms with Crippen molar-refractivity contribution in [3.05, 3.63) is 83.1 Å². The molecule has 1 aliphatic heterocycles. The van der Waals surface area contributed by atoms with Crippen molar-refractivity contribution >= 4 is 17.9 Å². The summed E-state index contributed by atoms with van der Waals surface area (Å²) in [5.41, 5.74) is 3.78. The number of nitrogens with zero attached hydrogens (tertiary/aromatic N) is 4. The number of hydrogen-bond acceptors (Lipinski definition) is 5. The third-order valence-electron chi connectivity index (χ3n) is 6.12. The molecule has 1 aliphatic rings. The number of benzene rings is 2. The number of nitriles is 1. The van der Waals surface area contributed by atoms with Crippen LogP contribution in [0.1, 0.15) is 46.1 Å². The van der Waals surface area contributed by atoms with Crippen molar-refractivity contribution in [1.29, 1.82) is 5.26 Å². The molecule has 0 aliphatic carbocycles. The van der Waals surface area contributed by atoms with Crippen LogP contribution in [0.3, 0.4) is 0 Å². The van der Waals surface area contributed by atoms with Gasteiger partial charge in [-0.25, -0.2) is 4.68 Å². The maximum Gasteiger partial charge on any atom is 0.271 e. The Morgan fingerprint density at radius 2 is 1.76 bits per heavy atom. The van der Waals surface area contributed by atoms with Gasteiger partial charge < -0.3 is 4.74 Å². The Labute approximate surface area is 217 Å². The van der Waals surface area contributed by atoms with Crippen molar-refractivity contribution in [2.75, 3.05) is 6.54 Å². The molecule has 37 heavy (non-hydrogen) atoms. The van der Waals surface area contributed by atoms with Crippen molar-refractivity contribution in [2.24, 2.45) is 0 Å². The lowest BCUT2D eigenvalue weighted by Gasteiger charge is -2.27. The zero-order valence-electron chi connectivity index (χ0n) is 21.6. The number of amides is 2. The van der Waals surface area contributed by atoms with Crippen molar-refractivity contribution < 1.29 is 14.3 Å². The van der Waals surface area contributed by atoms with Gasteiger partial charge in [0.1, 0.15) is 17.4 Å². The molecule has 2 amide bonds. The van der Waals surface area contributed by atoms with Crippen molar-refractivity contribution in [2.45, 2.75) is 46.6 Å². The predicted octanol–water partition coefficient (Wildman–Crippen LogP) is 5.72. The van der Waals surface area contributed by atoms with Gasteiger partial charge in [0.15, 0.2) is 0 Å². The fourth-order valence-corrected chi connectivity index (χ4v) is 4.20. The molecule has 0 N–H and O–H groups in total. The minimum absolute atomic E-state index is 0.00542. The summed E-state index contributed by atoms with van der Waals surface area (Å²) in [7, 11) is 0. The highest BCUT2D eigenvalue weighted by molar-refractivity contribution is 6.19. The minimum atomic E-state index is -0.531. The van der Waals surface area contributed by atoms with Crippen LogP contribution in [0.5, 0.6) is 5.75 Å². The van der Waals surface area contributed by atoms with Crippen LogP contribution in [-0.4, -0.2) is 39.1 Å². The van der Waals surface area contributed by atoms with Gasteiger partial charge in [0.25, 0.3) is 11.8 Å². The summed E-state index contributed by atoms with van der Waals surface area (Å²) in [4.78, 5) is 27.5. The van der Waals surface area contributed by atoms with E-state index in [0.717, 1.165) is 23.4 Å². The molecule has 0 bridgehead atoms. The average molecular weight is 495 g/mol. The highest BCUT2D eigenvalue weighted by atomic mass is 16.5. The second-order valence-electron chi connectivity index (χ2n) is 9.19. The van der Waals surface area contributed by atoms with E-state index in [1.165, 1.54) is 4.90 Å². The SMILES string of the molecule is CCCCN1C(=O)C(=Cc2cn(-c3ccccc3)nc2-c2ccc(OC(C)C)cc2)C(C)=C(C#N)C1=O. The number of ether oxygens (including phenoxy) is 1. The Balaban J connectivity index is 1.85. The smallest absolute Gasteiger partial charge is 0.271 e. The number of unbranched alkanes of at least 4 members (excludes halogenated alkanes) is 1. The normalized spacial score (nSPS) is 15.0. The third kappa shape index (κ3) is 5.39. The van der Waals surface area contributed by atoms with E-state index in [9.17, 15) is 14.9 Å². The summed E-state index contributed by atoms with van der Waals surface area (Å²) < 4.78 is 7.54. The van der Waals surface area contributed by atoms with E-state index in [1.54, 1.807) is 17.7 Å². The lowest BCUT2D eigenvalue weighted by Crippen LogP contribution is -2.43. The summed E-state index contributed by atoms with van der Waals surface area (Å²) in [5.74, 6) is -0.170. The number of carbonyl (C=O) groups excluding carboxylic acids is 2. The Kier molecular flexibility index (Phi) is 7.69. The summed E-state index contributed by atoms with van der Waals surface area (Å²) in [6.45, 7) is 7.86. The van der Waals surface area contributed by atoms with Gasteiger partial charge in [0, 0.05) is 29.4 Å². The monoisotopic (exact) mass is 494 g/mol. The molecule has 4 rings (SSSR count). The highest BCUT2D eigenvalue weighted by Gasteiger charge is 2.35. The molecule has 0 fully saturated rings.